The maximum absolute atomic E-state index is 10.6. The van der Waals surface area contributed by atoms with Gasteiger partial charge in [-0.05, 0) is 22.3 Å². The van der Waals surface area contributed by atoms with Crippen LogP contribution >= 0.6 is 0 Å². The van der Waals surface area contributed by atoms with Gasteiger partial charge < -0.3 is 0 Å². The van der Waals surface area contributed by atoms with E-state index in [1.807, 2.05) is 121 Å². The average molecular weight is 433 g/mol. The van der Waals surface area contributed by atoms with Crippen LogP contribution in [0.1, 0.15) is 11.1 Å². The summed E-state index contributed by atoms with van der Waals surface area (Å²) in [4.78, 5) is 0. The molecule has 0 aliphatic rings. The normalized spacial score (nSPS) is 10.3. The molecule has 0 aliphatic heterocycles. The van der Waals surface area contributed by atoms with Crippen LogP contribution in [-0.4, -0.2) is 0 Å². The Bertz CT molecular complexity index is 1300. The largest absolute Gasteiger partial charge is 0.192 e. The summed E-state index contributed by atoms with van der Waals surface area (Å²) in [5, 5.41) is 21.2. The first-order chi connectivity index (χ1) is 16.8. The minimum atomic E-state index is 0.564. The fraction of sp³-hybridized carbons (Fsp3) is 0. The predicted molar refractivity (Wildman–Crippen MR) is 138 cm³/mol. The van der Waals surface area contributed by atoms with Gasteiger partial charge in [0.15, 0.2) is 0 Å². The van der Waals surface area contributed by atoms with Gasteiger partial charge in [0.2, 0.25) is 0 Å². The molecular formula is C32H20N2. The lowest BCUT2D eigenvalue weighted by molar-refractivity contribution is 1.43. The van der Waals surface area contributed by atoms with E-state index >= 15 is 0 Å². The summed E-state index contributed by atoms with van der Waals surface area (Å²) < 4.78 is 0. The maximum atomic E-state index is 10.6. The molecule has 0 aliphatic carbocycles. The van der Waals surface area contributed by atoms with Crippen molar-refractivity contribution in [3.8, 4) is 56.6 Å². The second-order valence-corrected chi connectivity index (χ2v) is 7.94. The predicted octanol–water partition coefficient (Wildman–Crippen LogP) is 8.10. The Morgan fingerprint density at radius 3 is 0.706 bits per heavy atom. The minimum Gasteiger partial charge on any atom is -0.192 e. The molecule has 0 N–H and O–H groups in total. The van der Waals surface area contributed by atoms with Crippen molar-refractivity contribution in [3.05, 3.63) is 132 Å². The van der Waals surface area contributed by atoms with Crippen molar-refractivity contribution in [1.82, 2.24) is 0 Å². The van der Waals surface area contributed by atoms with Crippen molar-refractivity contribution in [2.75, 3.05) is 0 Å². The second-order valence-electron chi connectivity index (χ2n) is 7.94. The first kappa shape index (κ1) is 21.0. The fourth-order valence-electron chi connectivity index (χ4n) is 4.55. The Morgan fingerprint density at radius 2 is 0.529 bits per heavy atom. The van der Waals surface area contributed by atoms with Gasteiger partial charge in [-0.25, -0.2) is 0 Å². The van der Waals surface area contributed by atoms with Crippen LogP contribution in [0.25, 0.3) is 44.5 Å². The summed E-state index contributed by atoms with van der Waals surface area (Å²) >= 11 is 0. The third-order valence-corrected chi connectivity index (χ3v) is 5.97. The molecule has 0 unspecified atom stereocenters. The molecule has 0 heterocycles. The summed E-state index contributed by atoms with van der Waals surface area (Å²) in [6.45, 7) is 0. The number of nitrogens with zero attached hydrogens (tertiary/aromatic N) is 2. The summed E-state index contributed by atoms with van der Waals surface area (Å²) in [5.74, 6) is 0. The van der Waals surface area contributed by atoms with E-state index in [4.69, 9.17) is 0 Å². The number of nitriles is 2. The average Bonchev–Trinajstić information content (AvgIpc) is 2.93. The Balaban J connectivity index is 2.06. The van der Waals surface area contributed by atoms with Gasteiger partial charge >= 0.3 is 0 Å². The molecule has 2 nitrogen and oxygen atoms in total. The molecule has 0 aromatic heterocycles. The summed E-state index contributed by atoms with van der Waals surface area (Å²) in [7, 11) is 0. The van der Waals surface area contributed by atoms with Crippen molar-refractivity contribution < 1.29 is 0 Å². The highest BCUT2D eigenvalue weighted by Gasteiger charge is 2.27. The molecule has 5 aromatic rings. The van der Waals surface area contributed by atoms with Crippen LogP contribution in [0.3, 0.4) is 0 Å². The van der Waals surface area contributed by atoms with E-state index in [2.05, 4.69) is 12.1 Å². The number of rotatable bonds is 4. The van der Waals surface area contributed by atoms with E-state index in [0.717, 1.165) is 44.5 Å². The van der Waals surface area contributed by atoms with Gasteiger partial charge in [-0.3, -0.25) is 0 Å². The monoisotopic (exact) mass is 432 g/mol. The van der Waals surface area contributed by atoms with Crippen LogP contribution in [0, 0.1) is 22.7 Å². The van der Waals surface area contributed by atoms with E-state index in [1.54, 1.807) is 0 Å². The lowest BCUT2D eigenvalue weighted by Gasteiger charge is -2.23. The van der Waals surface area contributed by atoms with Crippen LogP contribution in [0.5, 0.6) is 0 Å². The van der Waals surface area contributed by atoms with E-state index in [9.17, 15) is 10.5 Å². The molecule has 0 amide bonds. The third kappa shape index (κ3) is 3.65. The Morgan fingerprint density at radius 1 is 0.324 bits per heavy atom. The maximum Gasteiger partial charge on any atom is 0.100 e. The number of hydrogen-bond donors (Lipinski definition) is 0. The molecule has 0 atom stereocenters. The molecule has 158 valence electrons. The van der Waals surface area contributed by atoms with Crippen LogP contribution in [-0.2, 0) is 0 Å². The van der Waals surface area contributed by atoms with Crippen molar-refractivity contribution in [2.45, 2.75) is 0 Å². The van der Waals surface area contributed by atoms with E-state index in [0.29, 0.717) is 11.1 Å². The van der Waals surface area contributed by atoms with E-state index < -0.39 is 0 Å². The molecule has 34 heavy (non-hydrogen) atoms. The highest BCUT2D eigenvalue weighted by Crippen LogP contribution is 2.48. The molecule has 5 rings (SSSR count). The topological polar surface area (TPSA) is 47.6 Å². The van der Waals surface area contributed by atoms with Crippen molar-refractivity contribution in [2.24, 2.45) is 0 Å². The van der Waals surface area contributed by atoms with E-state index in [-0.39, 0.29) is 0 Å². The first-order valence-electron chi connectivity index (χ1n) is 11.1. The van der Waals surface area contributed by atoms with Crippen LogP contribution in [0.2, 0.25) is 0 Å². The molecule has 0 saturated carbocycles. The molecule has 0 bridgehead atoms. The lowest BCUT2D eigenvalue weighted by atomic mass is 9.78. The minimum absolute atomic E-state index is 0.564. The van der Waals surface area contributed by atoms with Gasteiger partial charge in [-0.2, -0.15) is 10.5 Å². The molecule has 2 heteroatoms. The SMILES string of the molecule is N#Cc1c(-c2ccccc2)c(-c2ccccc2)c(C#N)c(-c2ccccc2)c1-c1ccccc1. The van der Waals surface area contributed by atoms with Crippen LogP contribution in [0.4, 0.5) is 0 Å². The standard InChI is InChI=1S/C32H20N2/c33-21-27-29(23-13-5-1-6-14-23)30(24-15-7-2-8-16-24)28(22-34)32(26-19-11-4-12-20-26)31(27)25-17-9-3-10-18-25/h1-20H. The van der Waals surface area contributed by atoms with Gasteiger partial charge in [-0.15, -0.1) is 0 Å². The zero-order valence-electron chi connectivity index (χ0n) is 18.4. The van der Waals surface area contributed by atoms with Crippen molar-refractivity contribution in [1.29, 1.82) is 10.5 Å². The molecule has 5 aromatic carbocycles. The third-order valence-electron chi connectivity index (χ3n) is 5.97. The van der Waals surface area contributed by atoms with Gasteiger partial charge in [-0.1, -0.05) is 121 Å². The summed E-state index contributed by atoms with van der Waals surface area (Å²) in [5.41, 5.74) is 7.89. The zero-order valence-corrected chi connectivity index (χ0v) is 18.4. The summed E-state index contributed by atoms with van der Waals surface area (Å²) in [6.07, 6.45) is 0. The smallest absolute Gasteiger partial charge is 0.100 e. The highest BCUT2D eigenvalue weighted by molar-refractivity contribution is 6.04. The van der Waals surface area contributed by atoms with Gasteiger partial charge in [0.05, 0.1) is 11.1 Å². The Labute approximate surface area is 199 Å². The Kier molecular flexibility index (Phi) is 5.73. The quantitative estimate of drug-likeness (QED) is 0.288. The van der Waals surface area contributed by atoms with E-state index in [1.165, 1.54) is 0 Å². The fourth-order valence-corrected chi connectivity index (χ4v) is 4.55. The second kappa shape index (κ2) is 9.29. The first-order valence-corrected chi connectivity index (χ1v) is 11.1. The van der Waals surface area contributed by atoms with Gasteiger partial charge in [0, 0.05) is 22.3 Å². The molecule has 0 fully saturated rings. The van der Waals surface area contributed by atoms with Crippen molar-refractivity contribution >= 4 is 0 Å². The van der Waals surface area contributed by atoms with Crippen LogP contribution < -0.4 is 0 Å². The molecular weight excluding hydrogens is 412 g/mol. The van der Waals surface area contributed by atoms with Gasteiger partial charge in [0.1, 0.15) is 12.1 Å². The Hall–Kier alpha value is -4.92. The highest BCUT2D eigenvalue weighted by atomic mass is 14.3. The number of benzene rings is 5. The zero-order chi connectivity index (χ0) is 23.3. The number of hydrogen-bond acceptors (Lipinski definition) is 2. The van der Waals surface area contributed by atoms with Gasteiger partial charge in [0.25, 0.3) is 0 Å². The lowest BCUT2D eigenvalue weighted by Crippen LogP contribution is -2.02. The summed E-state index contributed by atoms with van der Waals surface area (Å²) in [6, 6.07) is 44.6. The molecule has 0 saturated heterocycles. The molecule has 0 radical (unpaired) electrons. The molecule has 0 spiro atoms. The van der Waals surface area contributed by atoms with Crippen LogP contribution in [0.15, 0.2) is 121 Å². The van der Waals surface area contributed by atoms with Crippen molar-refractivity contribution in [3.63, 3.8) is 0 Å².